The van der Waals surface area contributed by atoms with Crippen molar-refractivity contribution in [2.75, 3.05) is 5.08 Å². The number of hydrogen-bond donors (Lipinski definition) is 1. The summed E-state index contributed by atoms with van der Waals surface area (Å²) in [5.74, 6) is 0. The first kappa shape index (κ1) is 10.2. The van der Waals surface area contributed by atoms with Crippen LogP contribution in [0.4, 0.5) is 0 Å². The molecular weight excluding hydrogens is 212 g/mol. The van der Waals surface area contributed by atoms with Crippen molar-refractivity contribution in [2.45, 2.75) is 4.90 Å². The van der Waals surface area contributed by atoms with Gasteiger partial charge in [-0.05, 0) is 12.1 Å². The van der Waals surface area contributed by atoms with E-state index >= 15 is 0 Å². The number of rotatable bonds is 3. The van der Waals surface area contributed by atoms with Gasteiger partial charge in [0.1, 0.15) is 0 Å². The van der Waals surface area contributed by atoms with Gasteiger partial charge in [0, 0.05) is 0 Å². The SMILES string of the molecule is O=[SH](=O)CS(=O)(=O)c1ccccc1. The van der Waals surface area contributed by atoms with Crippen molar-refractivity contribution >= 4 is 20.5 Å². The lowest BCUT2D eigenvalue weighted by atomic mass is 10.4. The number of benzene rings is 1. The van der Waals surface area contributed by atoms with E-state index in [2.05, 4.69) is 0 Å². The second-order valence-electron chi connectivity index (χ2n) is 2.39. The highest BCUT2D eigenvalue weighted by atomic mass is 32.3. The van der Waals surface area contributed by atoms with E-state index in [1.54, 1.807) is 18.2 Å². The summed E-state index contributed by atoms with van der Waals surface area (Å²) in [5, 5.41) is -0.827. The van der Waals surface area contributed by atoms with E-state index < -0.39 is 25.6 Å². The lowest BCUT2D eigenvalue weighted by Gasteiger charge is -1.97. The average Bonchev–Trinajstić information content (AvgIpc) is 2.04. The monoisotopic (exact) mass is 220 g/mol. The molecule has 6 heteroatoms. The molecule has 0 spiro atoms. The molecule has 72 valence electrons. The van der Waals surface area contributed by atoms with Gasteiger partial charge in [0.2, 0.25) is 0 Å². The molecule has 1 aromatic rings. The topological polar surface area (TPSA) is 68.3 Å². The zero-order chi connectivity index (χ0) is 9.90. The first-order valence-electron chi connectivity index (χ1n) is 3.42. The van der Waals surface area contributed by atoms with Crippen LogP contribution in [-0.2, 0) is 20.5 Å². The van der Waals surface area contributed by atoms with Gasteiger partial charge in [-0.25, -0.2) is 16.8 Å². The third kappa shape index (κ3) is 2.82. The van der Waals surface area contributed by atoms with Crippen LogP contribution in [0.25, 0.3) is 0 Å². The summed E-state index contributed by atoms with van der Waals surface area (Å²) in [4.78, 5) is 0.0363. The smallest absolute Gasteiger partial charge is 0.192 e. The Morgan fingerprint density at radius 3 is 2.08 bits per heavy atom. The molecule has 13 heavy (non-hydrogen) atoms. The fraction of sp³-hybridized carbons (Fsp3) is 0.143. The Morgan fingerprint density at radius 2 is 1.62 bits per heavy atom. The fourth-order valence-electron chi connectivity index (χ4n) is 0.841. The maximum atomic E-state index is 11.3. The third-order valence-corrected chi connectivity index (χ3v) is 4.57. The molecule has 0 fully saturated rings. The van der Waals surface area contributed by atoms with E-state index in [4.69, 9.17) is 0 Å². The summed E-state index contributed by atoms with van der Waals surface area (Å²) in [6.07, 6.45) is 0. The van der Waals surface area contributed by atoms with Crippen LogP contribution in [0.2, 0.25) is 0 Å². The summed E-state index contributed by atoms with van der Waals surface area (Å²) in [6.45, 7) is 0. The Kier molecular flexibility index (Phi) is 3.05. The quantitative estimate of drug-likeness (QED) is 0.730. The van der Waals surface area contributed by atoms with Crippen LogP contribution in [0.5, 0.6) is 0 Å². The average molecular weight is 220 g/mol. The van der Waals surface area contributed by atoms with Gasteiger partial charge in [0.05, 0.1) is 4.90 Å². The molecule has 0 aromatic heterocycles. The highest BCUT2D eigenvalue weighted by Gasteiger charge is 2.14. The van der Waals surface area contributed by atoms with Gasteiger partial charge in [-0.1, -0.05) is 18.2 Å². The Labute approximate surface area is 78.1 Å². The Bertz CT molecular complexity index is 437. The number of hydrogen-bond acceptors (Lipinski definition) is 4. The molecule has 0 bridgehead atoms. The molecule has 0 atom stereocenters. The second kappa shape index (κ2) is 3.89. The fourth-order valence-corrected chi connectivity index (χ4v) is 3.12. The molecule has 1 rings (SSSR count). The van der Waals surface area contributed by atoms with Crippen LogP contribution in [0.3, 0.4) is 0 Å². The molecule has 0 aliphatic rings. The minimum atomic E-state index is -3.66. The maximum absolute atomic E-state index is 11.3. The summed E-state index contributed by atoms with van der Waals surface area (Å²) in [5.41, 5.74) is 0. The zero-order valence-electron chi connectivity index (χ0n) is 6.58. The van der Waals surface area contributed by atoms with Gasteiger partial charge in [-0.15, -0.1) is 0 Å². The highest BCUT2D eigenvalue weighted by molar-refractivity contribution is 8.01. The van der Waals surface area contributed by atoms with Crippen LogP contribution in [0.15, 0.2) is 35.2 Å². The lowest BCUT2D eigenvalue weighted by molar-refractivity contribution is 0.596. The Balaban J connectivity index is 3.09. The highest BCUT2D eigenvalue weighted by Crippen LogP contribution is 2.09. The molecule has 0 saturated heterocycles. The second-order valence-corrected chi connectivity index (χ2v) is 5.79. The van der Waals surface area contributed by atoms with E-state index in [-0.39, 0.29) is 4.90 Å². The van der Waals surface area contributed by atoms with Gasteiger partial charge < -0.3 is 0 Å². The molecular formula is C7H8O4S2. The van der Waals surface area contributed by atoms with Crippen molar-refractivity contribution in [3.8, 4) is 0 Å². The molecule has 0 aliphatic heterocycles. The van der Waals surface area contributed by atoms with Crippen molar-refractivity contribution in [2.24, 2.45) is 0 Å². The molecule has 0 radical (unpaired) electrons. The van der Waals surface area contributed by atoms with Gasteiger partial charge in [0.25, 0.3) is 0 Å². The van der Waals surface area contributed by atoms with Crippen LogP contribution < -0.4 is 0 Å². The first-order valence-corrected chi connectivity index (χ1v) is 6.43. The van der Waals surface area contributed by atoms with Crippen LogP contribution >= 0.6 is 0 Å². The number of thiol groups is 1. The van der Waals surface area contributed by atoms with E-state index in [9.17, 15) is 16.8 Å². The Morgan fingerprint density at radius 1 is 1.08 bits per heavy atom. The standard InChI is InChI=1S/C7H8O4S2/c8-12(9)6-13(10,11)7-4-2-1-3-5-7/h1-5,12H,6H2. The molecule has 0 heterocycles. The summed E-state index contributed by atoms with van der Waals surface area (Å²) in [7, 11) is -6.56. The van der Waals surface area contributed by atoms with Gasteiger partial charge in [0.15, 0.2) is 25.6 Å². The summed E-state index contributed by atoms with van der Waals surface area (Å²) < 4.78 is 43.0. The van der Waals surface area contributed by atoms with Crippen molar-refractivity contribution in [3.05, 3.63) is 30.3 Å². The largest absolute Gasteiger partial charge is 0.231 e. The molecule has 4 nitrogen and oxygen atoms in total. The van der Waals surface area contributed by atoms with Crippen molar-refractivity contribution in [1.82, 2.24) is 0 Å². The number of sulfone groups is 1. The molecule has 0 saturated carbocycles. The van der Waals surface area contributed by atoms with Crippen molar-refractivity contribution in [1.29, 1.82) is 0 Å². The molecule has 1 aromatic carbocycles. The molecule has 0 N–H and O–H groups in total. The third-order valence-electron chi connectivity index (χ3n) is 1.38. The summed E-state index contributed by atoms with van der Waals surface area (Å²) >= 11 is 0. The van der Waals surface area contributed by atoms with E-state index in [0.717, 1.165) is 0 Å². The zero-order valence-corrected chi connectivity index (χ0v) is 8.29. The minimum absolute atomic E-state index is 0.0363. The lowest BCUT2D eigenvalue weighted by Crippen LogP contribution is -2.07. The van der Waals surface area contributed by atoms with E-state index in [1.807, 2.05) is 0 Å². The van der Waals surface area contributed by atoms with Crippen LogP contribution in [-0.4, -0.2) is 21.9 Å². The predicted octanol–water partition coefficient (Wildman–Crippen LogP) is 0.0292. The molecule has 0 aliphatic carbocycles. The van der Waals surface area contributed by atoms with Crippen molar-refractivity contribution in [3.63, 3.8) is 0 Å². The predicted molar refractivity (Wildman–Crippen MR) is 48.8 cm³/mol. The summed E-state index contributed by atoms with van der Waals surface area (Å²) in [6, 6.07) is 7.49. The normalized spacial score (nSPS) is 11.8. The first-order chi connectivity index (χ1) is 6.02. The van der Waals surface area contributed by atoms with Gasteiger partial charge in [-0.2, -0.15) is 0 Å². The van der Waals surface area contributed by atoms with Crippen LogP contribution in [0, 0.1) is 0 Å². The van der Waals surface area contributed by atoms with Crippen LogP contribution in [0.1, 0.15) is 0 Å². The maximum Gasteiger partial charge on any atom is 0.192 e. The minimum Gasteiger partial charge on any atom is -0.231 e. The van der Waals surface area contributed by atoms with E-state index in [1.165, 1.54) is 12.1 Å². The van der Waals surface area contributed by atoms with Gasteiger partial charge in [-0.3, -0.25) is 0 Å². The Hall–Kier alpha value is -0.880. The van der Waals surface area contributed by atoms with E-state index in [0.29, 0.717) is 0 Å². The molecule has 0 unspecified atom stereocenters. The molecule has 0 amide bonds. The van der Waals surface area contributed by atoms with Gasteiger partial charge >= 0.3 is 0 Å². The van der Waals surface area contributed by atoms with Crippen molar-refractivity contribution < 1.29 is 16.8 Å².